The molecule has 1 aliphatic rings. The Balaban J connectivity index is 2.45. The average Bonchev–Trinajstić information content (AvgIpc) is 2.54. The van der Waals surface area contributed by atoms with Gasteiger partial charge in [0.15, 0.2) is 11.3 Å². The minimum absolute atomic E-state index is 0.0906. The summed E-state index contributed by atoms with van der Waals surface area (Å²) in [4.78, 5) is 24.3. The van der Waals surface area contributed by atoms with Crippen LogP contribution < -0.4 is 5.56 Å². The predicted octanol–water partition coefficient (Wildman–Crippen LogP) is 1.44. The second-order valence-electron chi connectivity index (χ2n) is 4.91. The Morgan fingerprint density at radius 1 is 1.41 bits per heavy atom. The third-order valence-electron chi connectivity index (χ3n) is 3.82. The average molecular weight is 296 g/mol. The van der Waals surface area contributed by atoms with Gasteiger partial charge in [0.05, 0.1) is 12.8 Å². The molecule has 0 saturated heterocycles. The highest BCUT2D eigenvalue weighted by Gasteiger charge is 2.29. The SMILES string of the molecule is COC(=O)c1c(O)c(C#N)c2n(c1=O)CCc1ccccc1-2. The standard InChI is InChI=1S/C16H12N2O4/c1-22-16(21)12-14(19)11(8-17)13-10-5-3-2-4-9(10)6-7-18(13)15(12)20/h2-5,19H,6-7H2,1H3. The Bertz CT molecular complexity index is 890. The van der Waals surface area contributed by atoms with E-state index < -0.39 is 22.8 Å². The predicted molar refractivity (Wildman–Crippen MR) is 77.6 cm³/mol. The van der Waals surface area contributed by atoms with Gasteiger partial charge in [-0.25, -0.2) is 4.79 Å². The summed E-state index contributed by atoms with van der Waals surface area (Å²) in [7, 11) is 1.12. The van der Waals surface area contributed by atoms with E-state index in [1.165, 1.54) is 4.57 Å². The highest BCUT2D eigenvalue weighted by Crippen LogP contribution is 2.35. The third kappa shape index (κ3) is 1.79. The van der Waals surface area contributed by atoms with E-state index in [9.17, 15) is 20.0 Å². The Morgan fingerprint density at radius 2 is 2.14 bits per heavy atom. The highest BCUT2D eigenvalue weighted by atomic mass is 16.5. The second kappa shape index (κ2) is 5.04. The minimum atomic E-state index is -0.951. The summed E-state index contributed by atoms with van der Waals surface area (Å²) in [5.74, 6) is -1.57. The fourth-order valence-electron chi connectivity index (χ4n) is 2.80. The van der Waals surface area contributed by atoms with Gasteiger partial charge in [0.1, 0.15) is 11.6 Å². The highest BCUT2D eigenvalue weighted by molar-refractivity contribution is 5.94. The molecule has 0 atom stereocenters. The van der Waals surface area contributed by atoms with Crippen LogP contribution in [0, 0.1) is 11.3 Å². The number of aromatic nitrogens is 1. The molecule has 0 unspecified atom stereocenters. The molecule has 6 heteroatoms. The molecule has 1 N–H and O–H groups in total. The van der Waals surface area contributed by atoms with Crippen molar-refractivity contribution in [1.82, 2.24) is 4.57 Å². The van der Waals surface area contributed by atoms with E-state index in [0.717, 1.165) is 12.7 Å². The number of ether oxygens (including phenoxy) is 1. The monoisotopic (exact) mass is 296 g/mol. The number of pyridine rings is 1. The molecule has 0 radical (unpaired) electrons. The molecule has 0 aliphatic carbocycles. The van der Waals surface area contributed by atoms with Gasteiger partial charge in [-0.3, -0.25) is 4.79 Å². The molecule has 0 amide bonds. The number of esters is 1. The maximum atomic E-state index is 12.5. The van der Waals surface area contributed by atoms with Crippen LogP contribution in [0.1, 0.15) is 21.5 Å². The molecular formula is C16H12N2O4. The van der Waals surface area contributed by atoms with Crippen LogP contribution in [-0.4, -0.2) is 22.8 Å². The Hall–Kier alpha value is -3.07. The van der Waals surface area contributed by atoms with Gasteiger partial charge in [0.2, 0.25) is 0 Å². The quantitative estimate of drug-likeness (QED) is 0.804. The van der Waals surface area contributed by atoms with E-state index in [0.29, 0.717) is 24.2 Å². The van der Waals surface area contributed by atoms with Gasteiger partial charge in [-0.05, 0) is 12.0 Å². The zero-order valence-electron chi connectivity index (χ0n) is 11.8. The maximum absolute atomic E-state index is 12.5. The van der Waals surface area contributed by atoms with Crippen molar-refractivity contribution in [2.45, 2.75) is 13.0 Å². The summed E-state index contributed by atoms with van der Waals surface area (Å²) in [5, 5.41) is 19.6. The first kappa shape index (κ1) is 13.9. The number of nitrogens with zero attached hydrogens (tertiary/aromatic N) is 2. The van der Waals surface area contributed by atoms with Gasteiger partial charge in [-0.1, -0.05) is 24.3 Å². The summed E-state index contributed by atoms with van der Waals surface area (Å²) in [6.45, 7) is 0.337. The Morgan fingerprint density at radius 3 is 2.82 bits per heavy atom. The van der Waals surface area contributed by atoms with Crippen molar-refractivity contribution in [2.24, 2.45) is 0 Å². The minimum Gasteiger partial charge on any atom is -0.505 e. The fraction of sp³-hybridized carbons (Fsp3) is 0.188. The molecular weight excluding hydrogens is 284 g/mol. The number of rotatable bonds is 1. The molecule has 2 aromatic rings. The number of aryl methyl sites for hydroxylation is 1. The van der Waals surface area contributed by atoms with Crippen molar-refractivity contribution in [1.29, 1.82) is 5.26 Å². The summed E-state index contributed by atoms with van der Waals surface area (Å²) >= 11 is 0. The molecule has 0 saturated carbocycles. The van der Waals surface area contributed by atoms with Crippen LogP contribution in [0.3, 0.4) is 0 Å². The number of carbonyl (C=O) groups excluding carboxylic acids is 1. The third-order valence-corrected chi connectivity index (χ3v) is 3.82. The normalized spacial score (nSPS) is 12.0. The molecule has 1 aliphatic heterocycles. The van der Waals surface area contributed by atoms with E-state index in [1.807, 2.05) is 18.2 Å². The summed E-state index contributed by atoms with van der Waals surface area (Å²) < 4.78 is 5.89. The van der Waals surface area contributed by atoms with Gasteiger partial charge in [-0.2, -0.15) is 5.26 Å². The number of hydrogen-bond donors (Lipinski definition) is 1. The molecule has 6 nitrogen and oxygen atoms in total. The number of benzene rings is 1. The lowest BCUT2D eigenvalue weighted by Crippen LogP contribution is -2.32. The van der Waals surface area contributed by atoms with E-state index in [4.69, 9.17) is 0 Å². The first-order valence-electron chi connectivity index (χ1n) is 6.66. The van der Waals surface area contributed by atoms with Crippen molar-refractivity contribution >= 4 is 5.97 Å². The van der Waals surface area contributed by atoms with E-state index in [1.54, 1.807) is 12.1 Å². The zero-order valence-corrected chi connectivity index (χ0v) is 11.8. The van der Waals surface area contributed by atoms with Crippen molar-refractivity contribution in [3.8, 4) is 23.1 Å². The maximum Gasteiger partial charge on any atom is 0.347 e. The number of aromatic hydroxyl groups is 1. The van der Waals surface area contributed by atoms with Gasteiger partial charge < -0.3 is 14.4 Å². The number of fused-ring (bicyclic) bond motifs is 3. The van der Waals surface area contributed by atoms with Crippen LogP contribution in [0.5, 0.6) is 5.75 Å². The number of methoxy groups -OCH3 is 1. The first-order valence-corrected chi connectivity index (χ1v) is 6.66. The Kier molecular flexibility index (Phi) is 3.18. The lowest BCUT2D eigenvalue weighted by Gasteiger charge is -2.23. The molecule has 0 bridgehead atoms. The molecule has 1 aromatic carbocycles. The lowest BCUT2D eigenvalue weighted by molar-refractivity contribution is 0.0594. The lowest BCUT2D eigenvalue weighted by atomic mass is 9.93. The first-order chi connectivity index (χ1) is 10.6. The smallest absolute Gasteiger partial charge is 0.347 e. The molecule has 1 aromatic heterocycles. The van der Waals surface area contributed by atoms with Crippen LogP contribution in [-0.2, 0) is 17.7 Å². The van der Waals surface area contributed by atoms with Crippen LogP contribution in [0.4, 0.5) is 0 Å². The van der Waals surface area contributed by atoms with Crippen molar-refractivity contribution in [3.05, 3.63) is 51.3 Å². The molecule has 110 valence electrons. The molecule has 0 fully saturated rings. The number of nitriles is 1. The van der Waals surface area contributed by atoms with Gasteiger partial charge in [-0.15, -0.1) is 0 Å². The molecule has 2 heterocycles. The van der Waals surface area contributed by atoms with Crippen molar-refractivity contribution < 1.29 is 14.6 Å². The summed E-state index contributed by atoms with van der Waals surface area (Å²) in [6.07, 6.45) is 0.610. The van der Waals surface area contributed by atoms with Crippen LogP contribution in [0.15, 0.2) is 29.1 Å². The zero-order chi connectivity index (χ0) is 15.9. The molecule has 22 heavy (non-hydrogen) atoms. The van der Waals surface area contributed by atoms with Crippen LogP contribution >= 0.6 is 0 Å². The van der Waals surface area contributed by atoms with Gasteiger partial charge >= 0.3 is 5.97 Å². The number of hydrogen-bond acceptors (Lipinski definition) is 5. The van der Waals surface area contributed by atoms with E-state index in [2.05, 4.69) is 4.74 Å². The van der Waals surface area contributed by atoms with Crippen molar-refractivity contribution in [3.63, 3.8) is 0 Å². The number of carbonyl (C=O) groups is 1. The fourth-order valence-corrected chi connectivity index (χ4v) is 2.80. The Labute approximate surface area is 125 Å². The van der Waals surface area contributed by atoms with Gasteiger partial charge in [0.25, 0.3) is 5.56 Å². The second-order valence-corrected chi connectivity index (χ2v) is 4.91. The van der Waals surface area contributed by atoms with Gasteiger partial charge in [0, 0.05) is 12.1 Å². The largest absolute Gasteiger partial charge is 0.505 e. The summed E-state index contributed by atoms with van der Waals surface area (Å²) in [5.41, 5.74) is 0.819. The van der Waals surface area contributed by atoms with E-state index >= 15 is 0 Å². The molecule has 3 rings (SSSR count). The van der Waals surface area contributed by atoms with Crippen LogP contribution in [0.2, 0.25) is 0 Å². The summed E-state index contributed by atoms with van der Waals surface area (Å²) in [6, 6.07) is 9.27. The molecule has 0 spiro atoms. The topological polar surface area (TPSA) is 92.3 Å². The van der Waals surface area contributed by atoms with E-state index in [-0.39, 0.29) is 5.56 Å². The van der Waals surface area contributed by atoms with Crippen molar-refractivity contribution in [2.75, 3.05) is 7.11 Å². The van der Waals surface area contributed by atoms with Crippen LogP contribution in [0.25, 0.3) is 11.3 Å².